The molecule has 6 fully saturated rings. The first-order valence-corrected chi connectivity index (χ1v) is 10.1. The van der Waals surface area contributed by atoms with Gasteiger partial charge in [0, 0.05) is 27.5 Å². The van der Waals surface area contributed by atoms with E-state index < -0.39 is 9.85 Å². The lowest BCUT2D eigenvalue weighted by molar-refractivity contribution is -0.393. The van der Waals surface area contributed by atoms with Gasteiger partial charge in [0.2, 0.25) is 0 Å². The number of rotatable bonds is 4. The van der Waals surface area contributed by atoms with Gasteiger partial charge in [-0.1, -0.05) is 22.6 Å². The number of anilines is 1. The third-order valence-corrected chi connectivity index (χ3v) is 9.40. The topological polar surface area (TPSA) is 111 Å². The van der Waals surface area contributed by atoms with Crippen LogP contribution in [0.25, 0.3) is 0 Å². The number of hydrogen-bond acceptors (Lipinski definition) is 6. The predicted octanol–water partition coefficient (Wildman–Crippen LogP) is 3.46. The Morgan fingerprint density at radius 2 is 1.81 bits per heavy atom. The number of halogens is 1. The number of hydrazone groups is 1. The van der Waals surface area contributed by atoms with E-state index in [-0.39, 0.29) is 17.1 Å². The van der Waals surface area contributed by atoms with Gasteiger partial charge in [0.15, 0.2) is 0 Å². The lowest BCUT2D eigenvalue weighted by Gasteiger charge is -2.32. The second-order valence-electron chi connectivity index (χ2n) is 8.23. The maximum absolute atomic E-state index is 11.3. The van der Waals surface area contributed by atoms with Crippen LogP contribution in [-0.4, -0.2) is 19.5 Å². The fourth-order valence-corrected chi connectivity index (χ4v) is 9.32. The molecule has 0 aromatic heterocycles. The maximum Gasteiger partial charge on any atom is 0.301 e. The average Bonchev–Trinajstić information content (AvgIpc) is 3.35. The van der Waals surface area contributed by atoms with Crippen molar-refractivity contribution in [2.45, 2.75) is 10.3 Å². The number of non-ortho nitro benzene ring substituents is 1. The van der Waals surface area contributed by atoms with Crippen LogP contribution in [0.1, 0.15) is 6.42 Å². The highest BCUT2D eigenvalue weighted by Gasteiger charge is 2.82. The van der Waals surface area contributed by atoms with E-state index in [1.807, 2.05) is 0 Å². The van der Waals surface area contributed by atoms with Crippen LogP contribution in [0, 0.1) is 67.6 Å². The Bertz CT molecular complexity index is 918. The Balaban J connectivity index is 1.35. The second-order valence-corrected chi connectivity index (χ2v) is 9.67. The van der Waals surface area contributed by atoms with Crippen molar-refractivity contribution in [2.24, 2.45) is 52.4 Å². The van der Waals surface area contributed by atoms with Gasteiger partial charge in [0.05, 0.1) is 15.9 Å². The van der Waals surface area contributed by atoms with Gasteiger partial charge in [-0.05, 0) is 48.0 Å². The summed E-state index contributed by atoms with van der Waals surface area (Å²) in [6, 6.07) is 3.65. The van der Waals surface area contributed by atoms with E-state index in [0.717, 1.165) is 45.5 Å². The first-order chi connectivity index (χ1) is 12.5. The Hall–Kier alpha value is -1.78. The monoisotopic (exact) mass is 466 g/mol. The van der Waals surface area contributed by atoms with Crippen molar-refractivity contribution in [3.63, 3.8) is 0 Å². The van der Waals surface area contributed by atoms with Crippen LogP contribution in [0.3, 0.4) is 0 Å². The molecule has 1 aromatic rings. The standard InChI is InChI=1S/C17H15IN4O4/c18-16-12-6-4-7-10(12)15-14(16)11(6)13(7)17(15)20-19-8-2-1-5(21(23)24)3-9(8)22(25)26/h1-3,6-7,10-16,19H,4H2/b20-17+/t6-,7+,10-,11-,12-,13-,14-,15+,16+/m0/s1. The van der Waals surface area contributed by atoms with Crippen molar-refractivity contribution >= 4 is 45.4 Å². The Morgan fingerprint density at radius 3 is 2.50 bits per heavy atom. The van der Waals surface area contributed by atoms with E-state index in [0.29, 0.717) is 11.8 Å². The highest BCUT2D eigenvalue weighted by molar-refractivity contribution is 14.1. The quantitative estimate of drug-likeness (QED) is 0.316. The van der Waals surface area contributed by atoms with E-state index in [1.165, 1.54) is 24.3 Å². The molecular formula is C17H15IN4O4. The molecule has 9 heteroatoms. The summed E-state index contributed by atoms with van der Waals surface area (Å²) in [5.41, 5.74) is 3.72. The number of nitro groups is 2. The van der Waals surface area contributed by atoms with Crippen molar-refractivity contribution in [2.75, 3.05) is 5.43 Å². The number of alkyl halides is 1. The van der Waals surface area contributed by atoms with Crippen molar-refractivity contribution in [1.29, 1.82) is 0 Å². The van der Waals surface area contributed by atoms with Crippen LogP contribution in [0.5, 0.6) is 0 Å². The molecule has 8 nitrogen and oxygen atoms in total. The van der Waals surface area contributed by atoms with E-state index >= 15 is 0 Å². The van der Waals surface area contributed by atoms with Crippen molar-refractivity contribution in [1.82, 2.24) is 0 Å². The number of hydrogen-bond donors (Lipinski definition) is 1. The van der Waals surface area contributed by atoms with Gasteiger partial charge in [-0.15, -0.1) is 0 Å². The van der Waals surface area contributed by atoms with Crippen LogP contribution < -0.4 is 5.43 Å². The SMILES string of the molecule is O=[N+]([O-])c1ccc(N/N=C2/[C@H]3[C@H]4[C@H](I)[C@H]5[C@H]6C[C@@H]([C@H]2[C@H]64)[C@H]35)c([N+](=O)[O-])c1. The predicted molar refractivity (Wildman–Crippen MR) is 101 cm³/mol. The smallest absolute Gasteiger partial charge is 0.272 e. The lowest BCUT2D eigenvalue weighted by atomic mass is 9.71. The molecule has 1 aromatic carbocycles. The second kappa shape index (κ2) is 4.73. The molecule has 0 radical (unpaired) electrons. The first-order valence-electron chi connectivity index (χ1n) is 8.89. The summed E-state index contributed by atoms with van der Waals surface area (Å²) >= 11 is 2.65. The minimum absolute atomic E-state index is 0.220. The lowest BCUT2D eigenvalue weighted by Crippen LogP contribution is -2.30. The van der Waals surface area contributed by atoms with Gasteiger partial charge in [0.1, 0.15) is 5.69 Å². The molecule has 0 heterocycles. The molecule has 7 rings (SSSR count). The molecular weight excluding hydrogens is 451 g/mol. The minimum atomic E-state index is -0.626. The molecule has 9 atom stereocenters. The Morgan fingerprint density at radius 1 is 1.04 bits per heavy atom. The molecule has 0 amide bonds. The Kier molecular flexibility index (Phi) is 2.78. The molecule has 6 aliphatic rings. The summed E-state index contributed by atoms with van der Waals surface area (Å²) < 4.78 is 0.758. The number of nitrogens with one attached hydrogen (secondary N) is 1. The van der Waals surface area contributed by atoms with Gasteiger partial charge in [0.25, 0.3) is 5.69 Å². The minimum Gasteiger partial charge on any atom is -0.272 e. The fourth-order valence-electron chi connectivity index (χ4n) is 7.38. The highest BCUT2D eigenvalue weighted by atomic mass is 127. The summed E-state index contributed by atoms with van der Waals surface area (Å²) in [5.74, 6) is 5.89. The number of benzene rings is 1. The van der Waals surface area contributed by atoms with Crippen LogP contribution in [-0.2, 0) is 0 Å². The normalized spacial score (nSPS) is 46.8. The van der Waals surface area contributed by atoms with E-state index in [2.05, 4.69) is 33.1 Å². The molecule has 0 saturated heterocycles. The zero-order valence-corrected chi connectivity index (χ0v) is 15.6. The van der Waals surface area contributed by atoms with Crippen LogP contribution >= 0.6 is 22.6 Å². The highest BCUT2D eigenvalue weighted by Crippen LogP contribution is 2.82. The molecule has 0 unspecified atom stereocenters. The van der Waals surface area contributed by atoms with Crippen LogP contribution in [0.2, 0.25) is 0 Å². The molecule has 0 aliphatic heterocycles. The van der Waals surface area contributed by atoms with Crippen LogP contribution in [0.15, 0.2) is 23.3 Å². The molecule has 26 heavy (non-hydrogen) atoms. The van der Waals surface area contributed by atoms with Gasteiger partial charge >= 0.3 is 5.69 Å². The first kappa shape index (κ1) is 15.3. The number of nitro benzene ring substituents is 2. The zero-order valence-electron chi connectivity index (χ0n) is 13.5. The van der Waals surface area contributed by atoms with E-state index in [1.54, 1.807) is 0 Å². The van der Waals surface area contributed by atoms with Gasteiger partial charge < -0.3 is 0 Å². The molecule has 6 saturated carbocycles. The zero-order chi connectivity index (χ0) is 17.9. The van der Waals surface area contributed by atoms with Crippen LogP contribution in [0.4, 0.5) is 17.1 Å². The molecule has 1 N–H and O–H groups in total. The van der Waals surface area contributed by atoms with Gasteiger partial charge in [-0.3, -0.25) is 25.7 Å². The van der Waals surface area contributed by atoms with Gasteiger partial charge in [-0.2, -0.15) is 5.10 Å². The third-order valence-electron chi connectivity index (χ3n) is 7.73. The summed E-state index contributed by atoms with van der Waals surface area (Å²) in [6.45, 7) is 0. The van der Waals surface area contributed by atoms with Gasteiger partial charge in [-0.25, -0.2) is 0 Å². The third kappa shape index (κ3) is 1.55. The average molecular weight is 466 g/mol. The Labute approximate surface area is 161 Å². The number of nitrogens with zero attached hydrogens (tertiary/aromatic N) is 3. The fraction of sp³-hybridized carbons (Fsp3) is 0.588. The van der Waals surface area contributed by atoms with Crippen molar-refractivity contribution in [3.8, 4) is 0 Å². The molecule has 134 valence electrons. The van der Waals surface area contributed by atoms with Crippen molar-refractivity contribution < 1.29 is 9.85 Å². The summed E-state index contributed by atoms with van der Waals surface area (Å²) in [7, 11) is 0. The van der Waals surface area contributed by atoms with E-state index in [9.17, 15) is 20.2 Å². The summed E-state index contributed by atoms with van der Waals surface area (Å²) in [4.78, 5) is 20.9. The van der Waals surface area contributed by atoms with Crippen molar-refractivity contribution in [3.05, 3.63) is 38.4 Å². The molecule has 0 spiro atoms. The molecule has 6 bridgehead atoms. The maximum atomic E-state index is 11.3. The summed E-state index contributed by atoms with van der Waals surface area (Å²) in [6.07, 6.45) is 1.34. The largest absolute Gasteiger partial charge is 0.301 e. The molecule has 6 aliphatic carbocycles. The van der Waals surface area contributed by atoms with E-state index in [4.69, 9.17) is 0 Å². The summed E-state index contributed by atoms with van der Waals surface area (Å²) in [5, 5.41) is 26.8.